The number of halogens is 1. The van der Waals surface area contributed by atoms with Gasteiger partial charge in [0.05, 0.1) is 6.61 Å². The molecule has 1 heterocycles. The van der Waals surface area contributed by atoms with Gasteiger partial charge in [-0.05, 0) is 25.8 Å². The number of hydrogen-bond acceptors (Lipinski definition) is 3. The van der Waals surface area contributed by atoms with E-state index in [1.165, 1.54) is 6.42 Å². The van der Waals surface area contributed by atoms with Crippen LogP contribution in [0.2, 0.25) is 0 Å². The maximum atomic E-state index is 14.1. The molecule has 1 aliphatic rings. The smallest absolute Gasteiger partial charge is 0.132 e. The van der Waals surface area contributed by atoms with Gasteiger partial charge in [0.25, 0.3) is 0 Å². The molecule has 0 spiro atoms. The van der Waals surface area contributed by atoms with Crippen molar-refractivity contribution in [2.24, 2.45) is 11.7 Å². The van der Waals surface area contributed by atoms with Crippen LogP contribution in [0, 0.1) is 11.7 Å². The number of hydrogen-bond donors (Lipinski definition) is 1. The molecule has 0 aliphatic carbocycles. The second kappa shape index (κ2) is 6.98. The summed E-state index contributed by atoms with van der Waals surface area (Å²) in [6.07, 6.45) is 2.34. The Kier molecular flexibility index (Phi) is 5.31. The maximum absolute atomic E-state index is 14.1. The largest absolute Gasteiger partial charge is 0.381 e. The highest BCUT2D eigenvalue weighted by molar-refractivity contribution is 5.25. The summed E-state index contributed by atoms with van der Waals surface area (Å²) in [5.41, 5.74) is 6.84. The monoisotopic (exact) mass is 266 g/mol. The van der Waals surface area contributed by atoms with Crippen molar-refractivity contribution in [3.63, 3.8) is 0 Å². The van der Waals surface area contributed by atoms with E-state index >= 15 is 0 Å². The third-order valence-corrected chi connectivity index (χ3v) is 3.64. The summed E-state index contributed by atoms with van der Waals surface area (Å²) in [6.45, 7) is 3.53. The fraction of sp³-hybridized carbons (Fsp3) is 0.600. The first kappa shape index (κ1) is 14.4. The van der Waals surface area contributed by atoms with E-state index in [0.717, 1.165) is 31.7 Å². The Labute approximate surface area is 114 Å². The third kappa shape index (κ3) is 4.00. The molecule has 1 saturated heterocycles. The molecule has 2 rings (SSSR count). The van der Waals surface area contributed by atoms with Crippen LogP contribution in [0.1, 0.15) is 24.0 Å². The molecule has 0 aromatic heterocycles. The van der Waals surface area contributed by atoms with Crippen LogP contribution in [0.3, 0.4) is 0 Å². The van der Waals surface area contributed by atoms with Gasteiger partial charge in [-0.1, -0.05) is 18.2 Å². The minimum absolute atomic E-state index is 0.156. The molecule has 1 aromatic rings. The minimum atomic E-state index is -0.156. The van der Waals surface area contributed by atoms with E-state index in [9.17, 15) is 4.39 Å². The number of benzene rings is 1. The van der Waals surface area contributed by atoms with Crippen molar-refractivity contribution in [3.8, 4) is 0 Å². The Morgan fingerprint density at radius 3 is 2.89 bits per heavy atom. The van der Waals surface area contributed by atoms with Crippen molar-refractivity contribution >= 4 is 0 Å². The Bertz CT molecular complexity index is 405. The lowest BCUT2D eigenvalue weighted by molar-refractivity contribution is 0.0410. The van der Waals surface area contributed by atoms with Gasteiger partial charge in [-0.3, -0.25) is 0 Å². The van der Waals surface area contributed by atoms with Gasteiger partial charge in [0.2, 0.25) is 0 Å². The van der Waals surface area contributed by atoms with Gasteiger partial charge in [0, 0.05) is 37.4 Å². The number of nitrogens with two attached hydrogens (primary N) is 1. The second-order valence-electron chi connectivity index (χ2n) is 5.37. The molecule has 0 bridgehead atoms. The lowest BCUT2D eigenvalue weighted by Gasteiger charge is -2.27. The number of ether oxygens (including phenoxy) is 1. The van der Waals surface area contributed by atoms with Crippen LogP contribution < -0.4 is 5.73 Å². The molecule has 0 saturated carbocycles. The van der Waals surface area contributed by atoms with Gasteiger partial charge in [-0.15, -0.1) is 0 Å². The molecule has 4 heteroatoms. The first-order valence-corrected chi connectivity index (χ1v) is 6.93. The van der Waals surface area contributed by atoms with Gasteiger partial charge in [0.1, 0.15) is 5.82 Å². The first-order chi connectivity index (χ1) is 9.20. The zero-order chi connectivity index (χ0) is 13.7. The van der Waals surface area contributed by atoms with E-state index in [-0.39, 0.29) is 12.4 Å². The fourth-order valence-electron chi connectivity index (χ4n) is 2.66. The predicted molar refractivity (Wildman–Crippen MR) is 74.2 cm³/mol. The zero-order valence-corrected chi connectivity index (χ0v) is 11.6. The maximum Gasteiger partial charge on any atom is 0.132 e. The summed E-state index contributed by atoms with van der Waals surface area (Å²) in [5.74, 6) is 0.413. The second-order valence-corrected chi connectivity index (χ2v) is 5.37. The normalized spacial score (nSPS) is 19.9. The van der Waals surface area contributed by atoms with Crippen molar-refractivity contribution in [2.75, 3.05) is 26.8 Å². The Hall–Kier alpha value is -0.970. The van der Waals surface area contributed by atoms with E-state index in [4.69, 9.17) is 10.5 Å². The molecule has 3 nitrogen and oxygen atoms in total. The SMILES string of the molecule is CN(Cc1cccc(CN)c1F)CC1CCCOC1. The summed E-state index contributed by atoms with van der Waals surface area (Å²) in [4.78, 5) is 2.16. The molecule has 19 heavy (non-hydrogen) atoms. The van der Waals surface area contributed by atoms with E-state index in [1.54, 1.807) is 6.07 Å². The molecule has 1 atom stereocenters. The summed E-state index contributed by atoms with van der Waals surface area (Å²) in [5, 5.41) is 0. The number of nitrogens with zero attached hydrogens (tertiary/aromatic N) is 1. The van der Waals surface area contributed by atoms with Gasteiger partial charge in [-0.2, -0.15) is 0 Å². The summed E-state index contributed by atoms with van der Waals surface area (Å²) in [7, 11) is 2.03. The highest BCUT2D eigenvalue weighted by atomic mass is 19.1. The molecule has 1 fully saturated rings. The quantitative estimate of drug-likeness (QED) is 0.887. The van der Waals surface area contributed by atoms with Crippen molar-refractivity contribution in [1.29, 1.82) is 0 Å². The standard InChI is InChI=1S/C15H23FN2O/c1-18(9-12-4-3-7-19-11-12)10-14-6-2-5-13(8-17)15(14)16/h2,5-6,12H,3-4,7-11,17H2,1H3. The molecule has 1 unspecified atom stereocenters. The predicted octanol–water partition coefficient (Wildman–Crippen LogP) is 2.14. The van der Waals surface area contributed by atoms with Crippen molar-refractivity contribution in [2.45, 2.75) is 25.9 Å². The van der Waals surface area contributed by atoms with E-state index < -0.39 is 0 Å². The minimum Gasteiger partial charge on any atom is -0.381 e. The van der Waals surface area contributed by atoms with Crippen LogP contribution >= 0.6 is 0 Å². The van der Waals surface area contributed by atoms with Gasteiger partial charge < -0.3 is 15.4 Å². The van der Waals surface area contributed by atoms with Gasteiger partial charge in [0.15, 0.2) is 0 Å². The molecule has 0 amide bonds. The van der Waals surface area contributed by atoms with E-state index in [2.05, 4.69) is 4.90 Å². The molecule has 1 aliphatic heterocycles. The average Bonchev–Trinajstić information content (AvgIpc) is 2.42. The van der Waals surface area contributed by atoms with Crippen LogP contribution in [0.15, 0.2) is 18.2 Å². The van der Waals surface area contributed by atoms with Crippen LogP contribution in [0.5, 0.6) is 0 Å². The van der Waals surface area contributed by atoms with Crippen LogP contribution in [0.25, 0.3) is 0 Å². The van der Waals surface area contributed by atoms with Gasteiger partial charge in [-0.25, -0.2) is 4.39 Å². The lowest BCUT2D eigenvalue weighted by atomic mass is 10.0. The molecular formula is C15H23FN2O. The fourth-order valence-corrected chi connectivity index (χ4v) is 2.66. The topological polar surface area (TPSA) is 38.5 Å². The summed E-state index contributed by atoms with van der Waals surface area (Å²) in [6, 6.07) is 5.45. The van der Waals surface area contributed by atoms with Crippen molar-refractivity contribution in [3.05, 3.63) is 35.1 Å². The Balaban J connectivity index is 1.92. The summed E-state index contributed by atoms with van der Waals surface area (Å²) >= 11 is 0. The van der Waals surface area contributed by atoms with Gasteiger partial charge >= 0.3 is 0 Å². The van der Waals surface area contributed by atoms with E-state index in [1.807, 2.05) is 19.2 Å². The summed E-state index contributed by atoms with van der Waals surface area (Å²) < 4.78 is 19.6. The zero-order valence-electron chi connectivity index (χ0n) is 11.6. The first-order valence-electron chi connectivity index (χ1n) is 6.93. The Morgan fingerprint density at radius 2 is 2.21 bits per heavy atom. The number of rotatable bonds is 5. The van der Waals surface area contributed by atoms with Crippen molar-refractivity contribution in [1.82, 2.24) is 4.90 Å². The van der Waals surface area contributed by atoms with Crippen LogP contribution in [-0.4, -0.2) is 31.7 Å². The molecule has 1 aromatic carbocycles. The molecule has 106 valence electrons. The highest BCUT2D eigenvalue weighted by Gasteiger charge is 2.17. The van der Waals surface area contributed by atoms with Crippen LogP contribution in [0.4, 0.5) is 4.39 Å². The van der Waals surface area contributed by atoms with Crippen molar-refractivity contribution < 1.29 is 9.13 Å². The average molecular weight is 266 g/mol. The Morgan fingerprint density at radius 1 is 1.42 bits per heavy atom. The lowest BCUT2D eigenvalue weighted by Crippen LogP contribution is -2.30. The molecule has 2 N–H and O–H groups in total. The van der Waals surface area contributed by atoms with E-state index in [0.29, 0.717) is 18.0 Å². The molecule has 0 radical (unpaired) electrons. The third-order valence-electron chi connectivity index (χ3n) is 3.64. The highest BCUT2D eigenvalue weighted by Crippen LogP contribution is 2.18. The van der Waals surface area contributed by atoms with Crippen LogP contribution in [-0.2, 0) is 17.8 Å². The molecular weight excluding hydrogens is 243 g/mol.